The number of hydrogen-bond donors (Lipinski definition) is 2. The first-order valence-electron chi connectivity index (χ1n) is 11.2. The minimum atomic E-state index is -1.11. The Morgan fingerprint density at radius 1 is 0.973 bits per heavy atom. The normalized spacial score (nSPS) is 16.9. The maximum atomic E-state index is 14.2. The molecule has 188 valence electrons. The summed E-state index contributed by atoms with van der Waals surface area (Å²) in [4.78, 5) is 35.6. The second-order valence-electron chi connectivity index (χ2n) is 8.23. The van der Waals surface area contributed by atoms with E-state index in [0.717, 1.165) is 12.1 Å². The van der Waals surface area contributed by atoms with E-state index in [1.165, 1.54) is 32.3 Å². The van der Waals surface area contributed by atoms with Gasteiger partial charge in [-0.05, 0) is 48.0 Å². The maximum Gasteiger partial charge on any atom is 0.302 e. The summed E-state index contributed by atoms with van der Waals surface area (Å²) in [6.07, 6.45) is 0. The third-order valence-electron chi connectivity index (χ3n) is 6.18. The predicted molar refractivity (Wildman–Crippen MR) is 133 cm³/mol. The highest BCUT2D eigenvalue weighted by molar-refractivity contribution is 6.51. The highest BCUT2D eigenvalue weighted by Gasteiger charge is 2.48. The molecule has 1 unspecified atom stereocenters. The number of ketones is 1. The van der Waals surface area contributed by atoms with Crippen molar-refractivity contribution < 1.29 is 33.3 Å². The van der Waals surface area contributed by atoms with E-state index in [1.54, 1.807) is 42.5 Å². The standard InChI is InChI=1S/C27H22FN3O6/c1-35-16-6-4-5-14(11-16)23-22(24(32)18-12-15(28)7-10-21(18)37-3)25(33)26(34)31(23)27-29-19-9-8-17(36-2)13-20(19)30-27/h4-13,23,32H,1-3H3,(H,29,30)/b24-22+. The number of methoxy groups -OCH3 is 3. The summed E-state index contributed by atoms with van der Waals surface area (Å²) in [6, 6.07) is 14.3. The van der Waals surface area contributed by atoms with Crippen molar-refractivity contribution in [1.82, 2.24) is 9.97 Å². The number of halogens is 1. The number of carbonyl (C=O) groups is 2. The van der Waals surface area contributed by atoms with Crippen LogP contribution in [0.2, 0.25) is 0 Å². The van der Waals surface area contributed by atoms with Crippen LogP contribution in [0.3, 0.4) is 0 Å². The van der Waals surface area contributed by atoms with Crippen molar-refractivity contribution in [2.45, 2.75) is 6.04 Å². The molecule has 1 aromatic heterocycles. The van der Waals surface area contributed by atoms with Crippen LogP contribution in [0.1, 0.15) is 17.2 Å². The zero-order chi connectivity index (χ0) is 26.3. The van der Waals surface area contributed by atoms with Crippen molar-refractivity contribution >= 4 is 34.4 Å². The van der Waals surface area contributed by atoms with Crippen molar-refractivity contribution in [2.75, 3.05) is 26.2 Å². The molecule has 5 rings (SSSR count). The van der Waals surface area contributed by atoms with Gasteiger partial charge in [0.1, 0.15) is 28.8 Å². The van der Waals surface area contributed by atoms with Crippen molar-refractivity contribution in [3.63, 3.8) is 0 Å². The number of anilines is 1. The number of amides is 1. The molecule has 0 aliphatic carbocycles. The maximum absolute atomic E-state index is 14.2. The smallest absolute Gasteiger partial charge is 0.302 e. The summed E-state index contributed by atoms with van der Waals surface area (Å²) in [5, 5.41) is 11.3. The number of aromatic amines is 1. The third kappa shape index (κ3) is 4.02. The first kappa shape index (κ1) is 23.9. The lowest BCUT2D eigenvalue weighted by Crippen LogP contribution is -2.30. The van der Waals surface area contributed by atoms with Gasteiger partial charge < -0.3 is 24.3 Å². The summed E-state index contributed by atoms with van der Waals surface area (Å²) in [5.41, 5.74) is 1.26. The van der Waals surface area contributed by atoms with E-state index in [-0.39, 0.29) is 22.8 Å². The summed E-state index contributed by atoms with van der Waals surface area (Å²) in [7, 11) is 4.37. The quantitative estimate of drug-likeness (QED) is 0.228. The minimum absolute atomic E-state index is 0.0669. The molecule has 1 amide bonds. The average molecular weight is 503 g/mol. The molecule has 1 aliphatic heterocycles. The molecule has 2 heterocycles. The SMILES string of the molecule is COc1cccc(C2/C(=C(\O)c3cc(F)ccc3OC)C(=O)C(=O)N2c2nc3ccc(OC)cc3[nH]2)c1. The van der Waals surface area contributed by atoms with Gasteiger partial charge in [-0.15, -0.1) is 0 Å². The fourth-order valence-corrected chi connectivity index (χ4v) is 4.40. The van der Waals surface area contributed by atoms with Crippen molar-refractivity contribution in [1.29, 1.82) is 0 Å². The van der Waals surface area contributed by atoms with E-state index in [9.17, 15) is 19.1 Å². The van der Waals surface area contributed by atoms with Gasteiger partial charge in [0.05, 0.1) is 49.5 Å². The number of Topliss-reactive ketones (excluding diaryl/α,β-unsaturated/α-hetero) is 1. The number of benzene rings is 3. The van der Waals surface area contributed by atoms with Gasteiger partial charge in [0.15, 0.2) is 0 Å². The number of aliphatic hydroxyl groups excluding tert-OH is 1. The van der Waals surface area contributed by atoms with Crippen LogP contribution in [0.5, 0.6) is 17.2 Å². The lowest BCUT2D eigenvalue weighted by molar-refractivity contribution is -0.132. The molecule has 4 aromatic rings. The number of aromatic nitrogens is 2. The van der Waals surface area contributed by atoms with E-state index >= 15 is 0 Å². The second kappa shape index (κ2) is 9.30. The van der Waals surface area contributed by atoms with Crippen LogP contribution in [0.25, 0.3) is 16.8 Å². The molecule has 1 aliphatic rings. The Morgan fingerprint density at radius 3 is 2.46 bits per heavy atom. The largest absolute Gasteiger partial charge is 0.507 e. The second-order valence-corrected chi connectivity index (χ2v) is 8.23. The summed E-state index contributed by atoms with van der Waals surface area (Å²) >= 11 is 0. The topological polar surface area (TPSA) is 114 Å². The summed E-state index contributed by atoms with van der Waals surface area (Å²) < 4.78 is 30.0. The molecule has 0 radical (unpaired) electrons. The number of hydrogen-bond acceptors (Lipinski definition) is 7. The first-order valence-corrected chi connectivity index (χ1v) is 11.2. The fraction of sp³-hybridized carbons (Fsp3) is 0.148. The molecular formula is C27H22FN3O6. The van der Waals surface area contributed by atoms with Crippen LogP contribution in [-0.4, -0.2) is 48.1 Å². The summed E-state index contributed by atoms with van der Waals surface area (Å²) in [6.45, 7) is 0. The van der Waals surface area contributed by atoms with E-state index in [2.05, 4.69) is 9.97 Å². The summed E-state index contributed by atoms with van der Waals surface area (Å²) in [5.74, 6) is -1.85. The van der Waals surface area contributed by atoms with Gasteiger partial charge >= 0.3 is 5.91 Å². The third-order valence-corrected chi connectivity index (χ3v) is 6.18. The van der Waals surface area contributed by atoms with Crippen LogP contribution in [0, 0.1) is 5.82 Å². The Morgan fingerprint density at radius 2 is 1.73 bits per heavy atom. The highest BCUT2D eigenvalue weighted by atomic mass is 19.1. The molecule has 0 saturated carbocycles. The van der Waals surface area contributed by atoms with Gasteiger partial charge in [-0.3, -0.25) is 14.5 Å². The number of nitrogens with zero attached hydrogens (tertiary/aromatic N) is 2. The van der Waals surface area contributed by atoms with Gasteiger partial charge in [0.2, 0.25) is 5.95 Å². The molecule has 0 bridgehead atoms. The first-order chi connectivity index (χ1) is 17.9. The number of nitrogens with one attached hydrogen (secondary N) is 1. The molecular weight excluding hydrogens is 481 g/mol. The van der Waals surface area contributed by atoms with Crippen LogP contribution in [0.4, 0.5) is 10.3 Å². The van der Waals surface area contributed by atoms with E-state index in [1.807, 2.05) is 0 Å². The zero-order valence-corrected chi connectivity index (χ0v) is 20.1. The predicted octanol–water partition coefficient (Wildman–Crippen LogP) is 4.35. The van der Waals surface area contributed by atoms with E-state index < -0.39 is 29.3 Å². The number of rotatable bonds is 6. The lowest BCUT2D eigenvalue weighted by atomic mass is 9.95. The lowest BCUT2D eigenvalue weighted by Gasteiger charge is -2.23. The van der Waals surface area contributed by atoms with Crippen molar-refractivity contribution in [2.24, 2.45) is 0 Å². The van der Waals surface area contributed by atoms with Gasteiger partial charge in [-0.25, -0.2) is 9.37 Å². The average Bonchev–Trinajstić information content (AvgIpc) is 3.45. The molecule has 1 saturated heterocycles. The number of H-pyrrole nitrogens is 1. The molecule has 0 spiro atoms. The van der Waals surface area contributed by atoms with Gasteiger partial charge in [-0.2, -0.15) is 0 Å². The monoisotopic (exact) mass is 503 g/mol. The van der Waals surface area contributed by atoms with Gasteiger partial charge in [0, 0.05) is 6.07 Å². The van der Waals surface area contributed by atoms with Crippen molar-refractivity contribution in [3.05, 3.63) is 83.2 Å². The molecule has 1 atom stereocenters. The molecule has 1 fully saturated rings. The Labute approximate surface area is 210 Å². The Hall–Kier alpha value is -4.86. The molecule has 2 N–H and O–H groups in total. The molecule has 37 heavy (non-hydrogen) atoms. The van der Waals surface area contributed by atoms with Crippen LogP contribution in [0.15, 0.2) is 66.2 Å². The van der Waals surface area contributed by atoms with Crippen LogP contribution in [-0.2, 0) is 9.59 Å². The molecule has 9 nitrogen and oxygen atoms in total. The van der Waals surface area contributed by atoms with Crippen LogP contribution < -0.4 is 19.1 Å². The van der Waals surface area contributed by atoms with Crippen molar-refractivity contribution in [3.8, 4) is 17.2 Å². The van der Waals surface area contributed by atoms with Crippen LogP contribution >= 0.6 is 0 Å². The molecule has 3 aromatic carbocycles. The van der Waals surface area contributed by atoms with E-state index in [4.69, 9.17) is 14.2 Å². The Kier molecular flexibility index (Phi) is 6.00. The fourth-order valence-electron chi connectivity index (χ4n) is 4.40. The van der Waals surface area contributed by atoms with E-state index in [0.29, 0.717) is 28.1 Å². The highest BCUT2D eigenvalue weighted by Crippen LogP contribution is 2.43. The van der Waals surface area contributed by atoms with Gasteiger partial charge in [0.25, 0.3) is 5.78 Å². The molecule has 10 heteroatoms. The number of carbonyl (C=O) groups excluding carboxylic acids is 2. The van der Waals surface area contributed by atoms with Gasteiger partial charge in [-0.1, -0.05) is 12.1 Å². The minimum Gasteiger partial charge on any atom is -0.507 e. The number of imidazole rings is 1. The number of aliphatic hydroxyl groups is 1. The number of ether oxygens (including phenoxy) is 3. The number of fused-ring (bicyclic) bond motifs is 1. The zero-order valence-electron chi connectivity index (χ0n) is 20.1. The Bertz CT molecular complexity index is 1580. The Balaban J connectivity index is 1.76.